The van der Waals surface area contributed by atoms with E-state index in [1.165, 1.54) is 4.57 Å². The van der Waals surface area contributed by atoms with Gasteiger partial charge in [-0.25, -0.2) is 9.36 Å². The van der Waals surface area contributed by atoms with Crippen LogP contribution in [0.25, 0.3) is 27.6 Å². The molecular weight excluding hydrogens is 440 g/mol. The number of anilines is 1. The molecule has 0 saturated carbocycles. The number of aromatic nitrogens is 3. The zero-order valence-electron chi connectivity index (χ0n) is 20.1. The molecule has 0 atom stereocenters. The van der Waals surface area contributed by atoms with Crippen LogP contribution in [0.4, 0.5) is 5.69 Å². The van der Waals surface area contributed by atoms with Crippen LogP contribution in [0.2, 0.25) is 0 Å². The van der Waals surface area contributed by atoms with Crippen LogP contribution in [0, 0.1) is 20.8 Å². The lowest BCUT2D eigenvalue weighted by molar-refractivity contribution is -0.116. The minimum absolute atomic E-state index is 0.234. The van der Waals surface area contributed by atoms with Gasteiger partial charge in [0.25, 0.3) is 5.56 Å². The Morgan fingerprint density at radius 2 is 1.51 bits per heavy atom. The highest BCUT2D eigenvalue weighted by Gasteiger charge is 2.22. The molecule has 0 saturated heterocycles. The van der Waals surface area contributed by atoms with E-state index in [2.05, 4.69) is 5.32 Å². The number of rotatable bonds is 4. The quantitative estimate of drug-likeness (QED) is 0.431. The van der Waals surface area contributed by atoms with Crippen LogP contribution in [-0.2, 0) is 18.4 Å². The zero-order chi connectivity index (χ0) is 24.9. The van der Waals surface area contributed by atoms with E-state index in [0.29, 0.717) is 22.4 Å². The molecule has 5 rings (SSSR count). The third-order valence-corrected chi connectivity index (χ3v) is 6.32. The van der Waals surface area contributed by atoms with E-state index in [-0.39, 0.29) is 12.5 Å². The fourth-order valence-corrected chi connectivity index (χ4v) is 4.60. The van der Waals surface area contributed by atoms with Crippen LogP contribution in [0.15, 0.2) is 76.3 Å². The van der Waals surface area contributed by atoms with Crippen molar-refractivity contribution in [3.8, 4) is 5.69 Å². The Bertz CT molecular complexity index is 1740. The summed E-state index contributed by atoms with van der Waals surface area (Å²) < 4.78 is 4.35. The van der Waals surface area contributed by atoms with Gasteiger partial charge in [-0.2, -0.15) is 0 Å². The number of amides is 1. The topological polar surface area (TPSA) is 78.0 Å². The molecule has 0 aliphatic heterocycles. The van der Waals surface area contributed by atoms with Crippen molar-refractivity contribution < 1.29 is 4.79 Å². The Morgan fingerprint density at radius 1 is 0.829 bits per heavy atom. The Balaban J connectivity index is 1.78. The van der Waals surface area contributed by atoms with Gasteiger partial charge in [-0.3, -0.25) is 14.2 Å². The summed E-state index contributed by atoms with van der Waals surface area (Å²) in [6.45, 7) is 5.61. The molecule has 0 aliphatic carbocycles. The number of benzene rings is 3. The van der Waals surface area contributed by atoms with Crippen molar-refractivity contribution in [1.29, 1.82) is 0 Å². The van der Waals surface area contributed by atoms with Gasteiger partial charge in [-0.05, 0) is 62.7 Å². The van der Waals surface area contributed by atoms with Gasteiger partial charge in [0, 0.05) is 18.1 Å². The monoisotopic (exact) mass is 466 g/mol. The number of carbonyl (C=O) groups is 1. The number of hydrogen-bond donors (Lipinski definition) is 1. The van der Waals surface area contributed by atoms with Crippen LogP contribution in [0.1, 0.15) is 16.7 Å². The second-order valence-corrected chi connectivity index (χ2v) is 9.04. The molecule has 7 heteroatoms. The number of carbonyl (C=O) groups excluding carboxylic acids is 1. The SMILES string of the molecule is Cc1ccc(-n2c(=O)c3c(c4cc(C)ccc4n3C)n(CC(=O)Nc3cccc(C)c3)c2=O)cc1. The fourth-order valence-electron chi connectivity index (χ4n) is 4.60. The number of fused-ring (bicyclic) bond motifs is 3. The first-order valence-electron chi connectivity index (χ1n) is 11.4. The molecule has 0 spiro atoms. The molecule has 0 unspecified atom stereocenters. The maximum Gasteiger partial charge on any atom is 0.336 e. The van der Waals surface area contributed by atoms with Gasteiger partial charge < -0.3 is 9.88 Å². The van der Waals surface area contributed by atoms with Crippen LogP contribution in [-0.4, -0.2) is 19.6 Å². The van der Waals surface area contributed by atoms with Crippen molar-refractivity contribution in [3.05, 3.63) is 104 Å². The summed E-state index contributed by atoms with van der Waals surface area (Å²) in [5.41, 5.74) is 4.81. The number of aryl methyl sites for hydroxylation is 4. The highest BCUT2D eigenvalue weighted by atomic mass is 16.2. The number of nitrogens with zero attached hydrogens (tertiary/aromatic N) is 3. The third-order valence-electron chi connectivity index (χ3n) is 6.32. The van der Waals surface area contributed by atoms with E-state index in [1.54, 1.807) is 22.8 Å². The summed E-state index contributed by atoms with van der Waals surface area (Å²) in [6, 6.07) is 20.5. The van der Waals surface area contributed by atoms with Gasteiger partial charge in [-0.1, -0.05) is 41.5 Å². The fraction of sp³-hybridized carbons (Fsp3) is 0.179. The maximum atomic E-state index is 13.8. The van der Waals surface area contributed by atoms with Crippen LogP contribution in [0.3, 0.4) is 0 Å². The van der Waals surface area contributed by atoms with Crippen molar-refractivity contribution in [2.45, 2.75) is 27.3 Å². The molecule has 3 aromatic carbocycles. The molecule has 1 amide bonds. The molecule has 2 heterocycles. The molecule has 0 bridgehead atoms. The minimum Gasteiger partial charge on any atom is -0.338 e. The highest BCUT2D eigenvalue weighted by molar-refractivity contribution is 6.06. The first-order chi connectivity index (χ1) is 16.7. The van der Waals surface area contributed by atoms with E-state index in [9.17, 15) is 14.4 Å². The lowest BCUT2D eigenvalue weighted by atomic mass is 10.1. The molecule has 176 valence electrons. The van der Waals surface area contributed by atoms with Crippen LogP contribution < -0.4 is 16.6 Å². The predicted molar refractivity (Wildman–Crippen MR) is 140 cm³/mol. The van der Waals surface area contributed by atoms with Gasteiger partial charge >= 0.3 is 5.69 Å². The van der Waals surface area contributed by atoms with E-state index in [4.69, 9.17) is 0 Å². The van der Waals surface area contributed by atoms with Gasteiger partial charge in [0.15, 0.2) is 0 Å². The van der Waals surface area contributed by atoms with Crippen LogP contribution in [0.5, 0.6) is 0 Å². The molecule has 35 heavy (non-hydrogen) atoms. The highest BCUT2D eigenvalue weighted by Crippen LogP contribution is 2.27. The Hall–Kier alpha value is -4.39. The minimum atomic E-state index is -0.556. The summed E-state index contributed by atoms with van der Waals surface area (Å²) in [7, 11) is 1.81. The summed E-state index contributed by atoms with van der Waals surface area (Å²) in [4.78, 5) is 40.6. The van der Waals surface area contributed by atoms with E-state index >= 15 is 0 Å². The Morgan fingerprint density at radius 3 is 2.23 bits per heavy atom. The lowest BCUT2D eigenvalue weighted by Gasteiger charge is -2.14. The van der Waals surface area contributed by atoms with Crippen LogP contribution >= 0.6 is 0 Å². The normalized spacial score (nSPS) is 11.3. The van der Waals surface area contributed by atoms with Crippen molar-refractivity contribution in [2.75, 3.05) is 5.32 Å². The average Bonchev–Trinajstić information content (AvgIpc) is 3.09. The van der Waals surface area contributed by atoms with Crippen molar-refractivity contribution in [2.24, 2.45) is 7.05 Å². The van der Waals surface area contributed by atoms with E-state index in [1.807, 2.05) is 76.3 Å². The summed E-state index contributed by atoms with van der Waals surface area (Å²) in [5.74, 6) is -0.349. The second-order valence-electron chi connectivity index (χ2n) is 9.04. The van der Waals surface area contributed by atoms with E-state index < -0.39 is 11.2 Å². The molecule has 0 aliphatic rings. The van der Waals surface area contributed by atoms with Gasteiger partial charge in [0.1, 0.15) is 12.1 Å². The molecule has 5 aromatic rings. The number of hydrogen-bond acceptors (Lipinski definition) is 3. The van der Waals surface area contributed by atoms with Crippen molar-refractivity contribution in [3.63, 3.8) is 0 Å². The van der Waals surface area contributed by atoms with Gasteiger partial charge in [0.05, 0.1) is 16.7 Å². The first-order valence-corrected chi connectivity index (χ1v) is 11.4. The molecule has 0 radical (unpaired) electrons. The second kappa shape index (κ2) is 8.43. The van der Waals surface area contributed by atoms with Crippen molar-refractivity contribution in [1.82, 2.24) is 13.7 Å². The maximum absolute atomic E-state index is 13.8. The predicted octanol–water partition coefficient (Wildman–Crippen LogP) is 4.21. The molecule has 7 nitrogen and oxygen atoms in total. The molecule has 1 N–H and O–H groups in total. The largest absolute Gasteiger partial charge is 0.338 e. The van der Waals surface area contributed by atoms with Gasteiger partial charge in [0.2, 0.25) is 5.91 Å². The number of nitrogens with one attached hydrogen (secondary N) is 1. The third kappa shape index (κ3) is 3.85. The first kappa shape index (κ1) is 22.4. The lowest BCUT2D eigenvalue weighted by Crippen LogP contribution is -2.41. The average molecular weight is 467 g/mol. The summed E-state index contributed by atoms with van der Waals surface area (Å²) in [5, 5.41) is 3.64. The van der Waals surface area contributed by atoms with E-state index in [0.717, 1.165) is 32.2 Å². The zero-order valence-corrected chi connectivity index (χ0v) is 20.1. The molecular formula is C28H26N4O3. The molecule has 2 aromatic heterocycles. The molecule has 0 fully saturated rings. The Labute approximate surface area is 201 Å². The standard InChI is InChI=1S/C28H26N4O3/c1-17-8-11-21(12-9-17)32-27(34)26-25(22-15-19(3)10-13-23(22)30(26)4)31(28(32)35)16-24(33)29-20-7-5-6-18(2)14-20/h5-15H,16H2,1-4H3,(H,29,33). The summed E-state index contributed by atoms with van der Waals surface area (Å²) >= 11 is 0. The van der Waals surface area contributed by atoms with Gasteiger partial charge in [-0.15, -0.1) is 0 Å². The summed E-state index contributed by atoms with van der Waals surface area (Å²) in [6.07, 6.45) is 0. The van der Waals surface area contributed by atoms with Crippen molar-refractivity contribution >= 4 is 33.5 Å². The Kier molecular flexibility index (Phi) is 5.40. The smallest absolute Gasteiger partial charge is 0.336 e.